The number of benzene rings is 1. The average molecular weight is 263 g/mol. The molecule has 0 aliphatic rings. The summed E-state index contributed by atoms with van der Waals surface area (Å²) in [6, 6.07) is 6.19. The van der Waals surface area contributed by atoms with Gasteiger partial charge in [0.2, 0.25) is 5.91 Å². The molecule has 5 heteroatoms. The number of amides is 2. The van der Waals surface area contributed by atoms with Crippen LogP contribution in [0.1, 0.15) is 36.5 Å². The fourth-order valence-electron chi connectivity index (χ4n) is 1.77. The van der Waals surface area contributed by atoms with Crippen LogP contribution in [0, 0.1) is 0 Å². The highest BCUT2D eigenvalue weighted by Crippen LogP contribution is 2.08. The van der Waals surface area contributed by atoms with Crippen molar-refractivity contribution >= 4 is 17.5 Å². The Hall–Kier alpha value is -2.04. The third-order valence-electron chi connectivity index (χ3n) is 2.86. The van der Waals surface area contributed by atoms with Crippen molar-refractivity contribution in [3.05, 3.63) is 29.8 Å². The van der Waals surface area contributed by atoms with Crippen LogP contribution >= 0.6 is 0 Å². The van der Waals surface area contributed by atoms with Crippen molar-refractivity contribution in [2.45, 2.75) is 32.2 Å². The van der Waals surface area contributed by atoms with Crippen molar-refractivity contribution in [3.63, 3.8) is 0 Å². The topological polar surface area (TPSA) is 84.2 Å². The third-order valence-corrected chi connectivity index (χ3v) is 2.86. The van der Waals surface area contributed by atoms with Crippen LogP contribution in [0.2, 0.25) is 0 Å². The summed E-state index contributed by atoms with van der Waals surface area (Å²) in [5, 5.41) is 5.30. The maximum Gasteiger partial charge on any atom is 0.252 e. The van der Waals surface area contributed by atoms with Crippen molar-refractivity contribution in [1.82, 2.24) is 10.6 Å². The maximum atomic E-state index is 12.0. The van der Waals surface area contributed by atoms with E-state index in [1.54, 1.807) is 31.3 Å². The first kappa shape index (κ1) is 15.0. The molecule has 0 bridgehead atoms. The van der Waals surface area contributed by atoms with Crippen molar-refractivity contribution in [1.29, 1.82) is 0 Å². The molecule has 1 aromatic rings. The molecule has 0 aliphatic carbocycles. The number of hydrogen-bond acceptors (Lipinski definition) is 3. The lowest BCUT2D eigenvalue weighted by Crippen LogP contribution is -2.45. The van der Waals surface area contributed by atoms with E-state index in [4.69, 9.17) is 5.73 Å². The molecule has 5 nitrogen and oxygen atoms in total. The number of carbonyl (C=O) groups is 2. The number of anilines is 1. The Balaban J connectivity index is 2.72. The summed E-state index contributed by atoms with van der Waals surface area (Å²) >= 11 is 0. The molecule has 0 saturated heterocycles. The molecule has 19 heavy (non-hydrogen) atoms. The molecule has 2 amide bonds. The van der Waals surface area contributed by atoms with Gasteiger partial charge < -0.3 is 16.4 Å². The van der Waals surface area contributed by atoms with Gasteiger partial charge in [-0.15, -0.1) is 0 Å². The van der Waals surface area contributed by atoms with Gasteiger partial charge in [-0.05, 0) is 24.6 Å². The highest BCUT2D eigenvalue weighted by Gasteiger charge is 2.19. The fourth-order valence-corrected chi connectivity index (χ4v) is 1.77. The molecule has 104 valence electrons. The zero-order valence-corrected chi connectivity index (χ0v) is 11.4. The van der Waals surface area contributed by atoms with Crippen LogP contribution in [0.4, 0.5) is 5.69 Å². The van der Waals surface area contributed by atoms with Gasteiger partial charge in [0.25, 0.3) is 5.91 Å². The molecular formula is C14H21N3O2. The fraction of sp³-hybridized carbons (Fsp3) is 0.429. The Kier molecular flexibility index (Phi) is 5.85. The summed E-state index contributed by atoms with van der Waals surface area (Å²) in [6.07, 6.45) is 2.49. The van der Waals surface area contributed by atoms with Crippen LogP contribution in [0.5, 0.6) is 0 Å². The molecule has 1 unspecified atom stereocenters. The SMILES string of the molecule is CCCCC(NC(=O)c1cccc(N)c1)C(=O)NC. The van der Waals surface area contributed by atoms with E-state index in [1.165, 1.54) is 0 Å². The van der Waals surface area contributed by atoms with Crippen LogP contribution in [-0.2, 0) is 4.79 Å². The Morgan fingerprint density at radius 1 is 1.37 bits per heavy atom. The molecule has 1 aromatic carbocycles. The van der Waals surface area contributed by atoms with Crippen LogP contribution in [-0.4, -0.2) is 24.9 Å². The number of unbranched alkanes of at least 4 members (excludes halogenated alkanes) is 1. The second kappa shape index (κ2) is 7.41. The van der Waals surface area contributed by atoms with E-state index in [9.17, 15) is 9.59 Å². The lowest BCUT2D eigenvalue weighted by atomic mass is 10.1. The van der Waals surface area contributed by atoms with Crippen LogP contribution in [0.3, 0.4) is 0 Å². The lowest BCUT2D eigenvalue weighted by Gasteiger charge is -2.17. The van der Waals surface area contributed by atoms with E-state index in [-0.39, 0.29) is 11.8 Å². The molecule has 0 spiro atoms. The number of hydrogen-bond donors (Lipinski definition) is 3. The molecule has 0 radical (unpaired) electrons. The van der Waals surface area contributed by atoms with Crippen molar-refractivity contribution in [2.75, 3.05) is 12.8 Å². The summed E-state index contributed by atoms with van der Waals surface area (Å²) in [4.78, 5) is 23.7. The average Bonchev–Trinajstić information content (AvgIpc) is 2.42. The normalized spacial score (nSPS) is 11.7. The van der Waals surface area contributed by atoms with Gasteiger partial charge in [0.1, 0.15) is 6.04 Å². The first-order valence-corrected chi connectivity index (χ1v) is 6.46. The second-order valence-electron chi connectivity index (χ2n) is 4.41. The summed E-state index contributed by atoms with van der Waals surface area (Å²) in [7, 11) is 1.56. The predicted molar refractivity (Wildman–Crippen MR) is 75.7 cm³/mol. The van der Waals surface area contributed by atoms with Gasteiger partial charge in [-0.3, -0.25) is 9.59 Å². The lowest BCUT2D eigenvalue weighted by molar-refractivity contribution is -0.122. The quantitative estimate of drug-likeness (QED) is 0.676. The van der Waals surface area contributed by atoms with Crippen molar-refractivity contribution in [3.8, 4) is 0 Å². The summed E-state index contributed by atoms with van der Waals surface area (Å²) < 4.78 is 0. The van der Waals surface area contributed by atoms with Gasteiger partial charge >= 0.3 is 0 Å². The number of rotatable bonds is 6. The van der Waals surface area contributed by atoms with E-state index < -0.39 is 6.04 Å². The largest absolute Gasteiger partial charge is 0.399 e. The van der Waals surface area contributed by atoms with Gasteiger partial charge in [-0.2, -0.15) is 0 Å². The molecule has 0 heterocycles. The van der Waals surface area contributed by atoms with E-state index in [0.29, 0.717) is 17.7 Å². The van der Waals surface area contributed by atoms with E-state index >= 15 is 0 Å². The first-order valence-electron chi connectivity index (χ1n) is 6.46. The number of nitrogens with two attached hydrogens (primary N) is 1. The summed E-state index contributed by atoms with van der Waals surface area (Å²) in [6.45, 7) is 2.04. The Morgan fingerprint density at radius 2 is 2.11 bits per heavy atom. The first-order chi connectivity index (χ1) is 9.08. The molecule has 1 rings (SSSR count). The van der Waals surface area contributed by atoms with E-state index in [1.807, 2.05) is 6.92 Å². The smallest absolute Gasteiger partial charge is 0.252 e. The minimum atomic E-state index is -0.501. The molecule has 0 saturated carbocycles. The minimum Gasteiger partial charge on any atom is -0.399 e. The molecule has 0 aliphatic heterocycles. The minimum absolute atomic E-state index is 0.175. The van der Waals surface area contributed by atoms with E-state index in [0.717, 1.165) is 12.8 Å². The molecule has 0 aromatic heterocycles. The molecule has 0 fully saturated rings. The highest BCUT2D eigenvalue weighted by molar-refractivity contribution is 5.98. The zero-order valence-electron chi connectivity index (χ0n) is 11.4. The monoisotopic (exact) mass is 263 g/mol. The van der Waals surface area contributed by atoms with Crippen molar-refractivity contribution < 1.29 is 9.59 Å². The van der Waals surface area contributed by atoms with Gasteiger partial charge in [0.15, 0.2) is 0 Å². The van der Waals surface area contributed by atoms with Gasteiger partial charge in [0.05, 0.1) is 0 Å². The second-order valence-corrected chi connectivity index (χ2v) is 4.41. The number of carbonyl (C=O) groups excluding carboxylic acids is 2. The van der Waals surface area contributed by atoms with Crippen LogP contribution in [0.15, 0.2) is 24.3 Å². The summed E-state index contributed by atoms with van der Waals surface area (Å²) in [5.74, 6) is -0.456. The maximum absolute atomic E-state index is 12.0. The molecular weight excluding hydrogens is 242 g/mol. The van der Waals surface area contributed by atoms with Crippen LogP contribution in [0.25, 0.3) is 0 Å². The molecule has 1 atom stereocenters. The standard InChI is InChI=1S/C14H21N3O2/c1-3-4-8-12(14(19)16-2)17-13(18)10-6-5-7-11(15)9-10/h5-7,9,12H,3-4,8,15H2,1-2H3,(H,16,19)(H,17,18). The van der Waals surface area contributed by atoms with Gasteiger partial charge in [-0.25, -0.2) is 0 Å². The highest BCUT2D eigenvalue weighted by atomic mass is 16.2. The Bertz CT molecular complexity index is 446. The summed E-state index contributed by atoms with van der Waals surface area (Å²) in [5.41, 5.74) is 6.62. The Labute approximate surface area is 113 Å². The van der Waals surface area contributed by atoms with Gasteiger partial charge in [-0.1, -0.05) is 25.8 Å². The third kappa shape index (κ3) is 4.62. The number of likely N-dealkylation sites (N-methyl/N-ethyl adjacent to an activating group) is 1. The molecule has 4 N–H and O–H groups in total. The van der Waals surface area contributed by atoms with Crippen LogP contribution < -0.4 is 16.4 Å². The Morgan fingerprint density at radius 3 is 2.68 bits per heavy atom. The zero-order chi connectivity index (χ0) is 14.3. The predicted octanol–water partition coefficient (Wildman–Crippen LogP) is 1.30. The number of nitrogen functional groups attached to an aromatic ring is 1. The van der Waals surface area contributed by atoms with Crippen molar-refractivity contribution in [2.24, 2.45) is 0 Å². The van der Waals surface area contributed by atoms with E-state index in [2.05, 4.69) is 10.6 Å². The van der Waals surface area contributed by atoms with Gasteiger partial charge in [0, 0.05) is 18.3 Å². The number of nitrogens with one attached hydrogen (secondary N) is 2.